The van der Waals surface area contributed by atoms with Crippen molar-refractivity contribution in [1.29, 1.82) is 0 Å². The molecule has 0 aliphatic rings. The first-order valence-corrected chi connectivity index (χ1v) is 15.4. The molecule has 0 saturated carbocycles. The van der Waals surface area contributed by atoms with Crippen molar-refractivity contribution in [2.24, 2.45) is 0 Å². The van der Waals surface area contributed by atoms with Gasteiger partial charge < -0.3 is 20.7 Å². The molecule has 0 saturated heterocycles. The summed E-state index contributed by atoms with van der Waals surface area (Å²) in [4.78, 5) is 44.2. The molecule has 0 aliphatic carbocycles. The number of ether oxygens (including phenoxy) is 1. The maximum atomic E-state index is 13.4. The Kier molecular flexibility index (Phi) is 10.2. The average Bonchev–Trinajstić information content (AvgIpc) is 3.53. The number of hydrogen-bond donors (Lipinski definition) is 3. The number of amides is 3. The zero-order valence-corrected chi connectivity index (χ0v) is 25.3. The van der Waals surface area contributed by atoms with E-state index in [1.165, 1.54) is 23.1 Å². The van der Waals surface area contributed by atoms with Crippen LogP contribution in [0.2, 0.25) is 0 Å². The highest BCUT2D eigenvalue weighted by molar-refractivity contribution is 8.00. The SMILES string of the molecule is COc1ccc(/C=C(/NC(=O)c2ccccc2)C(=O)Nc2cccc(SCC(=O)Nc3nc(-c4ccccc4)cs3)c2)cc1. The standard InChI is InChI=1S/C34H28N4O4S2/c1-42-27-17-15-23(16-18-27)19-29(36-32(40)25-11-6-3-7-12-25)33(41)35-26-13-8-14-28(20-26)43-22-31(39)38-34-37-30(21-44-34)24-9-4-2-5-10-24/h2-21H,22H2,1H3,(H,35,41)(H,36,40)(H,37,38,39)/b29-19+. The third-order valence-electron chi connectivity index (χ3n) is 6.24. The summed E-state index contributed by atoms with van der Waals surface area (Å²) in [6.07, 6.45) is 1.60. The van der Waals surface area contributed by atoms with E-state index in [9.17, 15) is 14.4 Å². The molecule has 0 radical (unpaired) electrons. The number of aromatic nitrogens is 1. The first kappa shape index (κ1) is 30.3. The fourth-order valence-corrected chi connectivity index (χ4v) is 5.54. The molecular formula is C34H28N4O4S2. The van der Waals surface area contributed by atoms with Gasteiger partial charge in [-0.1, -0.05) is 66.7 Å². The molecule has 1 heterocycles. The second-order valence-electron chi connectivity index (χ2n) is 9.37. The zero-order chi connectivity index (χ0) is 30.7. The van der Waals surface area contributed by atoms with Gasteiger partial charge in [0.15, 0.2) is 5.13 Å². The third-order valence-corrected chi connectivity index (χ3v) is 7.99. The van der Waals surface area contributed by atoms with Gasteiger partial charge in [0.2, 0.25) is 5.91 Å². The highest BCUT2D eigenvalue weighted by atomic mass is 32.2. The fraction of sp³-hybridized carbons (Fsp3) is 0.0588. The number of carbonyl (C=O) groups is 3. The molecule has 1 aromatic heterocycles. The first-order valence-electron chi connectivity index (χ1n) is 13.5. The molecule has 0 unspecified atom stereocenters. The molecule has 3 amide bonds. The van der Waals surface area contributed by atoms with Crippen LogP contribution < -0.4 is 20.7 Å². The molecule has 0 atom stereocenters. The Bertz CT molecular complexity index is 1770. The van der Waals surface area contributed by atoms with Crippen molar-refractivity contribution in [3.05, 3.63) is 131 Å². The largest absolute Gasteiger partial charge is 0.497 e. The maximum Gasteiger partial charge on any atom is 0.272 e. The van der Waals surface area contributed by atoms with Crippen LogP contribution in [0.4, 0.5) is 10.8 Å². The van der Waals surface area contributed by atoms with Gasteiger partial charge in [-0.3, -0.25) is 14.4 Å². The van der Waals surface area contributed by atoms with E-state index in [-0.39, 0.29) is 17.4 Å². The Morgan fingerprint density at radius 2 is 1.59 bits per heavy atom. The third kappa shape index (κ3) is 8.43. The number of thioether (sulfide) groups is 1. The summed E-state index contributed by atoms with van der Waals surface area (Å²) in [5.74, 6) is -0.261. The Labute approximate surface area is 263 Å². The van der Waals surface area contributed by atoms with E-state index >= 15 is 0 Å². The fourth-order valence-electron chi connectivity index (χ4n) is 4.05. The van der Waals surface area contributed by atoms with E-state index in [0.29, 0.717) is 27.7 Å². The van der Waals surface area contributed by atoms with Gasteiger partial charge in [0.1, 0.15) is 11.4 Å². The van der Waals surface area contributed by atoms with E-state index in [4.69, 9.17) is 4.74 Å². The highest BCUT2D eigenvalue weighted by Crippen LogP contribution is 2.26. The minimum atomic E-state index is -0.497. The monoisotopic (exact) mass is 620 g/mol. The van der Waals surface area contributed by atoms with Crippen LogP contribution in [0.5, 0.6) is 5.75 Å². The van der Waals surface area contributed by atoms with Crippen molar-refractivity contribution in [1.82, 2.24) is 10.3 Å². The van der Waals surface area contributed by atoms with Gasteiger partial charge in [0.25, 0.3) is 11.8 Å². The van der Waals surface area contributed by atoms with Gasteiger partial charge in [-0.15, -0.1) is 23.1 Å². The molecule has 3 N–H and O–H groups in total. The molecule has 0 fully saturated rings. The van der Waals surface area contributed by atoms with Gasteiger partial charge in [-0.05, 0) is 54.1 Å². The number of methoxy groups -OCH3 is 1. The summed E-state index contributed by atoms with van der Waals surface area (Å²) in [5, 5.41) is 10.9. The number of rotatable bonds is 11. The lowest BCUT2D eigenvalue weighted by molar-refractivity contribution is -0.114. The normalized spacial score (nSPS) is 11.0. The molecule has 10 heteroatoms. The van der Waals surface area contributed by atoms with Crippen LogP contribution in [0.25, 0.3) is 17.3 Å². The van der Waals surface area contributed by atoms with Crippen molar-refractivity contribution < 1.29 is 19.1 Å². The van der Waals surface area contributed by atoms with Crippen LogP contribution >= 0.6 is 23.1 Å². The molecule has 0 aliphatic heterocycles. The van der Waals surface area contributed by atoms with Crippen molar-refractivity contribution in [2.75, 3.05) is 23.5 Å². The van der Waals surface area contributed by atoms with Gasteiger partial charge in [0, 0.05) is 27.1 Å². The quantitative estimate of drug-likeness (QED) is 0.109. The molecule has 5 rings (SSSR count). The number of nitrogens with one attached hydrogen (secondary N) is 3. The van der Waals surface area contributed by atoms with E-state index in [1.54, 1.807) is 79.9 Å². The molecule has 0 spiro atoms. The van der Waals surface area contributed by atoms with E-state index in [1.807, 2.05) is 47.8 Å². The van der Waals surface area contributed by atoms with Crippen LogP contribution in [-0.2, 0) is 9.59 Å². The molecule has 4 aromatic carbocycles. The smallest absolute Gasteiger partial charge is 0.272 e. The molecule has 220 valence electrons. The summed E-state index contributed by atoms with van der Waals surface area (Å²) in [6, 6.07) is 32.7. The van der Waals surface area contributed by atoms with Crippen molar-refractivity contribution in [3.8, 4) is 17.0 Å². The van der Waals surface area contributed by atoms with E-state index < -0.39 is 11.8 Å². The lowest BCUT2D eigenvalue weighted by Gasteiger charge is -2.12. The minimum Gasteiger partial charge on any atom is -0.497 e. The molecule has 8 nitrogen and oxygen atoms in total. The average molecular weight is 621 g/mol. The lowest BCUT2D eigenvalue weighted by Crippen LogP contribution is -2.30. The van der Waals surface area contributed by atoms with Crippen molar-refractivity contribution in [3.63, 3.8) is 0 Å². The van der Waals surface area contributed by atoms with Crippen molar-refractivity contribution >= 4 is 57.7 Å². The van der Waals surface area contributed by atoms with Gasteiger partial charge in [-0.2, -0.15) is 0 Å². The highest BCUT2D eigenvalue weighted by Gasteiger charge is 2.16. The summed E-state index contributed by atoms with van der Waals surface area (Å²) >= 11 is 2.70. The second-order valence-corrected chi connectivity index (χ2v) is 11.3. The number of hydrogen-bond acceptors (Lipinski definition) is 7. The number of anilines is 2. The summed E-state index contributed by atoms with van der Waals surface area (Å²) in [5.41, 5.74) is 3.51. The zero-order valence-electron chi connectivity index (χ0n) is 23.7. The van der Waals surface area contributed by atoms with Crippen LogP contribution in [0, 0.1) is 0 Å². The number of benzene rings is 4. The number of thiazole rings is 1. The molecular weight excluding hydrogens is 593 g/mol. The van der Waals surface area contributed by atoms with Crippen LogP contribution in [0.1, 0.15) is 15.9 Å². The van der Waals surface area contributed by atoms with E-state index in [0.717, 1.165) is 16.2 Å². The maximum absolute atomic E-state index is 13.4. The summed E-state index contributed by atoms with van der Waals surface area (Å²) in [7, 11) is 1.57. The van der Waals surface area contributed by atoms with Gasteiger partial charge >= 0.3 is 0 Å². The number of nitrogens with zero attached hydrogens (tertiary/aromatic N) is 1. The Hall–Kier alpha value is -5.19. The van der Waals surface area contributed by atoms with Crippen LogP contribution in [0.15, 0.2) is 125 Å². The second kappa shape index (κ2) is 14.8. The molecule has 0 bridgehead atoms. The van der Waals surface area contributed by atoms with Gasteiger partial charge in [0.05, 0.1) is 18.6 Å². The van der Waals surface area contributed by atoms with Crippen molar-refractivity contribution in [2.45, 2.75) is 4.90 Å². The van der Waals surface area contributed by atoms with E-state index in [2.05, 4.69) is 20.9 Å². The topological polar surface area (TPSA) is 109 Å². The lowest BCUT2D eigenvalue weighted by atomic mass is 10.1. The van der Waals surface area contributed by atoms with Crippen LogP contribution in [0.3, 0.4) is 0 Å². The Morgan fingerprint density at radius 1 is 0.864 bits per heavy atom. The van der Waals surface area contributed by atoms with Gasteiger partial charge in [-0.25, -0.2) is 4.98 Å². The Morgan fingerprint density at radius 3 is 2.32 bits per heavy atom. The van der Waals surface area contributed by atoms with Crippen LogP contribution in [-0.4, -0.2) is 35.6 Å². The first-order chi connectivity index (χ1) is 21.5. The predicted molar refractivity (Wildman–Crippen MR) is 177 cm³/mol. The molecule has 44 heavy (non-hydrogen) atoms. The summed E-state index contributed by atoms with van der Waals surface area (Å²) < 4.78 is 5.22. The minimum absolute atomic E-state index is 0.0692. The Balaban J connectivity index is 1.23. The molecule has 5 aromatic rings. The summed E-state index contributed by atoms with van der Waals surface area (Å²) in [6.45, 7) is 0. The predicted octanol–water partition coefficient (Wildman–Crippen LogP) is 6.96. The number of carbonyl (C=O) groups excluding carboxylic acids is 3.